The summed E-state index contributed by atoms with van der Waals surface area (Å²) in [6, 6.07) is 0.639. The van der Waals surface area contributed by atoms with E-state index in [4.69, 9.17) is 4.74 Å². The van der Waals surface area contributed by atoms with Gasteiger partial charge in [-0.2, -0.15) is 5.10 Å². The van der Waals surface area contributed by atoms with E-state index >= 15 is 0 Å². The van der Waals surface area contributed by atoms with Crippen molar-refractivity contribution in [2.45, 2.75) is 51.2 Å². The van der Waals surface area contributed by atoms with Gasteiger partial charge < -0.3 is 10.2 Å². The molecule has 13 heavy (non-hydrogen) atoms. The molecule has 2 aliphatic rings. The van der Waals surface area contributed by atoms with Crippen molar-refractivity contribution in [3.63, 3.8) is 0 Å². The van der Waals surface area contributed by atoms with E-state index in [0.29, 0.717) is 6.04 Å². The van der Waals surface area contributed by atoms with Crippen molar-refractivity contribution >= 4 is 5.71 Å². The molecule has 1 aliphatic heterocycles. The van der Waals surface area contributed by atoms with Gasteiger partial charge in [0, 0.05) is 12.6 Å². The van der Waals surface area contributed by atoms with Crippen LogP contribution in [0.25, 0.3) is 0 Å². The maximum atomic E-state index is 5.68. The maximum absolute atomic E-state index is 5.68. The number of nitrogens with zero attached hydrogens (tertiary/aromatic N) is 1. The largest absolute Gasteiger partial charge is 0.369 e. The molecule has 1 saturated carbocycles. The number of ether oxygens (including phenoxy) is 1. The van der Waals surface area contributed by atoms with Crippen molar-refractivity contribution in [2.24, 2.45) is 5.10 Å². The molecule has 1 heterocycles. The summed E-state index contributed by atoms with van der Waals surface area (Å²) in [5.41, 5.74) is 4.17. The molecule has 0 aromatic heterocycles. The second-order valence-electron chi connectivity index (χ2n) is 4.28. The Bertz CT molecular complexity index is 215. The number of hydrazone groups is 1. The van der Waals surface area contributed by atoms with Crippen LogP contribution in [0.3, 0.4) is 0 Å². The second-order valence-corrected chi connectivity index (χ2v) is 4.28. The molecule has 1 atom stereocenters. The molecule has 2 fully saturated rings. The summed E-state index contributed by atoms with van der Waals surface area (Å²) in [4.78, 5) is 0. The Morgan fingerprint density at radius 1 is 1.54 bits per heavy atom. The van der Waals surface area contributed by atoms with Crippen LogP contribution in [-0.4, -0.2) is 24.0 Å². The Balaban J connectivity index is 1.92. The predicted molar refractivity (Wildman–Crippen MR) is 52.9 cm³/mol. The van der Waals surface area contributed by atoms with Crippen LogP contribution >= 0.6 is 0 Å². The number of nitrogens with one attached hydrogen (secondary N) is 1. The third kappa shape index (κ3) is 2.02. The Kier molecular flexibility index (Phi) is 2.28. The molecule has 0 aromatic rings. The highest BCUT2D eigenvalue weighted by atomic mass is 16.5. The average Bonchev–Trinajstić information content (AvgIpc) is 2.84. The van der Waals surface area contributed by atoms with Crippen LogP contribution in [-0.2, 0) is 4.74 Å². The van der Waals surface area contributed by atoms with E-state index in [9.17, 15) is 0 Å². The normalized spacial score (nSPS) is 35.1. The molecular weight excluding hydrogens is 164 g/mol. The van der Waals surface area contributed by atoms with Gasteiger partial charge in [0.2, 0.25) is 0 Å². The lowest BCUT2D eigenvalue weighted by Gasteiger charge is -2.22. The first kappa shape index (κ1) is 9.00. The summed E-state index contributed by atoms with van der Waals surface area (Å²) in [5, 5.41) is 4.38. The van der Waals surface area contributed by atoms with E-state index in [0.717, 1.165) is 25.2 Å². The summed E-state index contributed by atoms with van der Waals surface area (Å²) in [7, 11) is 0. The third-order valence-corrected chi connectivity index (χ3v) is 2.98. The SMILES string of the molecule is C/C(=N\NC1CC1)C1(C)CCCO1. The summed E-state index contributed by atoms with van der Waals surface area (Å²) < 4.78 is 5.68. The first-order valence-electron chi connectivity index (χ1n) is 5.15. The molecular formula is C10H18N2O. The molecule has 3 nitrogen and oxygen atoms in total. The molecule has 0 aromatic carbocycles. The lowest BCUT2D eigenvalue weighted by molar-refractivity contribution is 0.0767. The number of hydrogen-bond acceptors (Lipinski definition) is 3. The van der Waals surface area contributed by atoms with Gasteiger partial charge in [-0.25, -0.2) is 0 Å². The molecule has 1 saturated heterocycles. The van der Waals surface area contributed by atoms with Crippen molar-refractivity contribution in [1.29, 1.82) is 0 Å². The van der Waals surface area contributed by atoms with Crippen LogP contribution in [0.15, 0.2) is 5.10 Å². The van der Waals surface area contributed by atoms with E-state index in [1.54, 1.807) is 0 Å². The average molecular weight is 182 g/mol. The van der Waals surface area contributed by atoms with Gasteiger partial charge in [-0.3, -0.25) is 0 Å². The quantitative estimate of drug-likeness (QED) is 0.532. The fourth-order valence-electron chi connectivity index (χ4n) is 1.58. The Morgan fingerprint density at radius 3 is 2.85 bits per heavy atom. The molecule has 0 radical (unpaired) electrons. The molecule has 3 heteroatoms. The van der Waals surface area contributed by atoms with Gasteiger partial charge in [0.1, 0.15) is 5.60 Å². The van der Waals surface area contributed by atoms with Crippen LogP contribution in [0.5, 0.6) is 0 Å². The standard InChI is InChI=1S/C10H18N2O/c1-8(11-12-9-4-5-9)10(2)6-3-7-13-10/h9,12H,3-7H2,1-2H3/b11-8+. The molecule has 0 spiro atoms. The third-order valence-electron chi connectivity index (χ3n) is 2.98. The monoisotopic (exact) mass is 182 g/mol. The number of hydrogen-bond donors (Lipinski definition) is 1. The minimum atomic E-state index is -0.0953. The predicted octanol–water partition coefficient (Wildman–Crippen LogP) is 1.68. The van der Waals surface area contributed by atoms with Gasteiger partial charge in [-0.05, 0) is 39.5 Å². The lowest BCUT2D eigenvalue weighted by atomic mass is 9.98. The summed E-state index contributed by atoms with van der Waals surface area (Å²) in [6.45, 7) is 5.07. The Labute approximate surface area is 79.5 Å². The lowest BCUT2D eigenvalue weighted by Crippen LogP contribution is -2.34. The van der Waals surface area contributed by atoms with Crippen molar-refractivity contribution in [2.75, 3.05) is 6.61 Å². The van der Waals surface area contributed by atoms with Crippen LogP contribution in [0.4, 0.5) is 0 Å². The Hall–Kier alpha value is -0.570. The first-order chi connectivity index (χ1) is 6.21. The zero-order chi connectivity index (χ0) is 9.31. The van der Waals surface area contributed by atoms with Crippen molar-refractivity contribution in [3.05, 3.63) is 0 Å². The highest BCUT2D eigenvalue weighted by molar-refractivity contribution is 5.90. The molecule has 0 bridgehead atoms. The minimum absolute atomic E-state index is 0.0953. The van der Waals surface area contributed by atoms with E-state index in [-0.39, 0.29) is 5.60 Å². The zero-order valence-electron chi connectivity index (χ0n) is 8.47. The highest BCUT2D eigenvalue weighted by Crippen LogP contribution is 2.27. The molecule has 1 unspecified atom stereocenters. The summed E-state index contributed by atoms with van der Waals surface area (Å²) in [5.74, 6) is 0. The van der Waals surface area contributed by atoms with Crippen molar-refractivity contribution < 1.29 is 4.74 Å². The minimum Gasteiger partial charge on any atom is -0.369 e. The summed E-state index contributed by atoms with van der Waals surface area (Å²) >= 11 is 0. The van der Waals surface area contributed by atoms with Crippen LogP contribution < -0.4 is 5.43 Å². The van der Waals surface area contributed by atoms with E-state index in [1.165, 1.54) is 12.8 Å². The maximum Gasteiger partial charge on any atom is 0.105 e. The van der Waals surface area contributed by atoms with Gasteiger partial charge in [0.15, 0.2) is 0 Å². The van der Waals surface area contributed by atoms with Crippen LogP contribution in [0.2, 0.25) is 0 Å². The molecule has 1 N–H and O–H groups in total. The topological polar surface area (TPSA) is 33.6 Å². The van der Waals surface area contributed by atoms with E-state index < -0.39 is 0 Å². The van der Waals surface area contributed by atoms with Gasteiger partial charge in [-0.1, -0.05) is 0 Å². The summed E-state index contributed by atoms with van der Waals surface area (Å²) in [6.07, 6.45) is 4.81. The molecule has 1 aliphatic carbocycles. The highest BCUT2D eigenvalue weighted by Gasteiger charge is 2.33. The van der Waals surface area contributed by atoms with Gasteiger partial charge >= 0.3 is 0 Å². The van der Waals surface area contributed by atoms with Gasteiger partial charge in [0.25, 0.3) is 0 Å². The van der Waals surface area contributed by atoms with Gasteiger partial charge in [-0.15, -0.1) is 0 Å². The zero-order valence-corrected chi connectivity index (χ0v) is 8.47. The molecule has 2 rings (SSSR count). The van der Waals surface area contributed by atoms with Crippen molar-refractivity contribution in [3.8, 4) is 0 Å². The smallest absolute Gasteiger partial charge is 0.105 e. The van der Waals surface area contributed by atoms with Crippen LogP contribution in [0, 0.1) is 0 Å². The first-order valence-corrected chi connectivity index (χ1v) is 5.15. The molecule has 0 amide bonds. The second kappa shape index (κ2) is 3.29. The number of rotatable bonds is 3. The Morgan fingerprint density at radius 2 is 2.31 bits per heavy atom. The van der Waals surface area contributed by atoms with E-state index in [1.807, 2.05) is 0 Å². The molecule has 74 valence electrons. The van der Waals surface area contributed by atoms with Gasteiger partial charge in [0.05, 0.1) is 5.71 Å². The fraction of sp³-hybridized carbons (Fsp3) is 0.900. The van der Waals surface area contributed by atoms with Crippen LogP contribution in [0.1, 0.15) is 39.5 Å². The van der Waals surface area contributed by atoms with E-state index in [2.05, 4.69) is 24.4 Å². The fourth-order valence-corrected chi connectivity index (χ4v) is 1.58. The van der Waals surface area contributed by atoms with Crippen molar-refractivity contribution in [1.82, 2.24) is 5.43 Å².